The van der Waals surface area contributed by atoms with Gasteiger partial charge < -0.3 is 10.2 Å². The van der Waals surface area contributed by atoms with Crippen molar-refractivity contribution in [3.8, 4) is 0 Å². The van der Waals surface area contributed by atoms with E-state index in [2.05, 4.69) is 29.6 Å². The minimum atomic E-state index is -0.0403. The van der Waals surface area contributed by atoms with Gasteiger partial charge in [-0.3, -0.25) is 0 Å². The highest BCUT2D eigenvalue weighted by Gasteiger charge is 2.22. The second-order valence-electron chi connectivity index (χ2n) is 6.42. The molecule has 1 aliphatic heterocycles. The summed E-state index contributed by atoms with van der Waals surface area (Å²) in [5, 5.41) is 3.52. The average molecular weight is 355 g/mol. The molecule has 2 aromatic rings. The van der Waals surface area contributed by atoms with E-state index in [0.29, 0.717) is 10.9 Å². The lowest BCUT2D eigenvalue weighted by Gasteiger charge is -2.31. The Balaban J connectivity index is 1.44. The minimum absolute atomic E-state index is 0.0403. The number of hydrogen-bond acceptors (Lipinski definition) is 1. The van der Waals surface area contributed by atoms with Gasteiger partial charge in [0.15, 0.2) is 0 Å². The Kier molecular flexibility index (Phi) is 6.13. The highest BCUT2D eigenvalue weighted by molar-refractivity contribution is 6.32. The Morgan fingerprint density at radius 3 is 2.48 bits per heavy atom. The molecule has 4 heteroatoms. The zero-order chi connectivity index (χ0) is 17.5. The number of piperidine rings is 1. The van der Waals surface area contributed by atoms with Crippen LogP contribution in [-0.2, 0) is 6.42 Å². The van der Waals surface area contributed by atoms with Crippen LogP contribution in [0.2, 0.25) is 5.02 Å². The zero-order valence-electron chi connectivity index (χ0n) is 14.2. The van der Waals surface area contributed by atoms with Crippen molar-refractivity contribution in [2.45, 2.75) is 19.3 Å². The number of carbonyl (C=O) groups excluding carboxylic acids is 1. The topological polar surface area (TPSA) is 32.3 Å². The first-order chi connectivity index (χ1) is 12.2. The number of hydrogen-bond donors (Lipinski definition) is 1. The van der Waals surface area contributed by atoms with Gasteiger partial charge in [0.25, 0.3) is 0 Å². The quantitative estimate of drug-likeness (QED) is 0.825. The summed E-state index contributed by atoms with van der Waals surface area (Å²) in [4.78, 5) is 14.2. The minimum Gasteiger partial charge on any atom is -0.325 e. The van der Waals surface area contributed by atoms with Crippen LogP contribution in [0.3, 0.4) is 0 Å². The van der Waals surface area contributed by atoms with Gasteiger partial charge in [0.1, 0.15) is 0 Å². The normalized spacial score (nSPS) is 15.5. The largest absolute Gasteiger partial charge is 0.325 e. The van der Waals surface area contributed by atoms with Gasteiger partial charge in [-0.15, -0.1) is 0 Å². The average Bonchev–Trinajstić information content (AvgIpc) is 2.65. The van der Waals surface area contributed by atoms with Gasteiger partial charge in [-0.2, -0.15) is 0 Å². The van der Waals surface area contributed by atoms with Crippen LogP contribution in [0.15, 0.2) is 60.8 Å². The molecule has 1 N–H and O–H groups in total. The molecule has 0 aromatic heterocycles. The molecule has 0 radical (unpaired) electrons. The SMILES string of the molecule is O=C(N/C=C/c1ccccc1Cl)N1CCC(Cc2ccccc2)CC1. The van der Waals surface area contributed by atoms with E-state index >= 15 is 0 Å². The molecule has 25 heavy (non-hydrogen) atoms. The maximum Gasteiger partial charge on any atom is 0.321 e. The highest BCUT2D eigenvalue weighted by atomic mass is 35.5. The van der Waals surface area contributed by atoms with Crippen LogP contribution in [0.25, 0.3) is 6.08 Å². The molecular weight excluding hydrogens is 332 g/mol. The van der Waals surface area contributed by atoms with Crippen molar-refractivity contribution in [2.75, 3.05) is 13.1 Å². The number of rotatable bonds is 4. The van der Waals surface area contributed by atoms with Crippen LogP contribution >= 0.6 is 11.6 Å². The number of likely N-dealkylation sites (tertiary alicyclic amines) is 1. The summed E-state index contributed by atoms with van der Waals surface area (Å²) < 4.78 is 0. The van der Waals surface area contributed by atoms with Crippen LogP contribution in [0.1, 0.15) is 24.0 Å². The molecule has 2 aromatic carbocycles. The lowest BCUT2D eigenvalue weighted by Crippen LogP contribution is -2.43. The van der Waals surface area contributed by atoms with E-state index in [-0.39, 0.29) is 6.03 Å². The van der Waals surface area contributed by atoms with Crippen molar-refractivity contribution in [1.29, 1.82) is 0 Å². The maximum atomic E-state index is 12.3. The van der Waals surface area contributed by atoms with Crippen LogP contribution in [0, 0.1) is 5.92 Å². The number of carbonyl (C=O) groups is 1. The number of halogens is 1. The fourth-order valence-electron chi connectivity index (χ4n) is 3.19. The highest BCUT2D eigenvalue weighted by Crippen LogP contribution is 2.21. The molecule has 0 spiro atoms. The molecular formula is C21H23ClN2O. The van der Waals surface area contributed by atoms with Crippen LogP contribution in [0.5, 0.6) is 0 Å². The van der Waals surface area contributed by atoms with Crippen molar-refractivity contribution >= 4 is 23.7 Å². The van der Waals surface area contributed by atoms with E-state index in [1.807, 2.05) is 41.3 Å². The van der Waals surface area contributed by atoms with E-state index in [4.69, 9.17) is 11.6 Å². The molecule has 0 unspecified atom stereocenters. The zero-order valence-corrected chi connectivity index (χ0v) is 15.0. The third-order valence-corrected chi connectivity index (χ3v) is 4.99. The van der Waals surface area contributed by atoms with E-state index in [1.165, 1.54) is 5.56 Å². The molecule has 0 atom stereocenters. The van der Waals surface area contributed by atoms with Gasteiger partial charge >= 0.3 is 6.03 Å². The fourth-order valence-corrected chi connectivity index (χ4v) is 3.39. The van der Waals surface area contributed by atoms with E-state index in [9.17, 15) is 4.79 Å². The maximum absolute atomic E-state index is 12.3. The Hall–Kier alpha value is -2.26. The van der Waals surface area contributed by atoms with Crippen molar-refractivity contribution in [2.24, 2.45) is 5.92 Å². The number of urea groups is 1. The molecule has 3 nitrogen and oxygen atoms in total. The van der Waals surface area contributed by atoms with E-state index in [1.54, 1.807) is 6.20 Å². The first kappa shape index (κ1) is 17.6. The van der Waals surface area contributed by atoms with Gasteiger partial charge in [0.2, 0.25) is 0 Å². The molecule has 2 amide bonds. The van der Waals surface area contributed by atoms with Crippen LogP contribution in [-0.4, -0.2) is 24.0 Å². The predicted molar refractivity (Wildman–Crippen MR) is 103 cm³/mol. The molecule has 1 aliphatic rings. The van der Waals surface area contributed by atoms with Crippen molar-refractivity contribution in [1.82, 2.24) is 10.2 Å². The lowest BCUT2D eigenvalue weighted by atomic mass is 9.90. The predicted octanol–water partition coefficient (Wildman–Crippen LogP) is 4.98. The lowest BCUT2D eigenvalue weighted by molar-refractivity contribution is 0.173. The monoisotopic (exact) mass is 354 g/mol. The van der Waals surface area contributed by atoms with Crippen molar-refractivity contribution in [3.05, 3.63) is 76.9 Å². The number of benzene rings is 2. The third-order valence-electron chi connectivity index (χ3n) is 4.64. The van der Waals surface area contributed by atoms with E-state index < -0.39 is 0 Å². The van der Waals surface area contributed by atoms with Gasteiger partial charge in [-0.1, -0.05) is 60.1 Å². The summed E-state index contributed by atoms with van der Waals surface area (Å²) in [6.07, 6.45) is 6.69. The molecule has 130 valence electrons. The summed E-state index contributed by atoms with van der Waals surface area (Å²) >= 11 is 6.10. The van der Waals surface area contributed by atoms with Crippen molar-refractivity contribution < 1.29 is 4.79 Å². The molecule has 1 saturated heterocycles. The second kappa shape index (κ2) is 8.72. The summed E-state index contributed by atoms with van der Waals surface area (Å²) in [6.45, 7) is 1.62. The molecule has 3 rings (SSSR count). The summed E-state index contributed by atoms with van der Waals surface area (Å²) in [5.41, 5.74) is 2.28. The molecule has 0 bridgehead atoms. The molecule has 1 fully saturated rings. The Morgan fingerprint density at radius 2 is 1.76 bits per heavy atom. The second-order valence-corrected chi connectivity index (χ2v) is 6.83. The summed E-state index contributed by atoms with van der Waals surface area (Å²) in [7, 11) is 0. The van der Waals surface area contributed by atoms with Gasteiger partial charge in [0.05, 0.1) is 0 Å². The molecule has 1 heterocycles. The fraction of sp³-hybridized carbons (Fsp3) is 0.286. The summed E-state index contributed by atoms with van der Waals surface area (Å²) in [5.74, 6) is 0.658. The Bertz CT molecular complexity index is 722. The number of amides is 2. The number of nitrogens with one attached hydrogen (secondary N) is 1. The molecule has 0 saturated carbocycles. The first-order valence-electron chi connectivity index (χ1n) is 8.73. The standard InChI is InChI=1S/C21H23ClN2O/c22-20-9-5-4-8-19(20)10-13-23-21(25)24-14-11-18(12-15-24)16-17-6-2-1-3-7-17/h1-10,13,18H,11-12,14-16H2,(H,23,25)/b13-10+. The first-order valence-corrected chi connectivity index (χ1v) is 9.10. The van der Waals surface area contributed by atoms with Crippen molar-refractivity contribution in [3.63, 3.8) is 0 Å². The van der Waals surface area contributed by atoms with Gasteiger partial charge in [0, 0.05) is 24.3 Å². The Morgan fingerprint density at radius 1 is 1.08 bits per heavy atom. The van der Waals surface area contributed by atoms with Crippen LogP contribution in [0.4, 0.5) is 4.79 Å². The smallest absolute Gasteiger partial charge is 0.321 e. The van der Waals surface area contributed by atoms with Gasteiger partial charge in [-0.25, -0.2) is 4.79 Å². The third kappa shape index (κ3) is 5.10. The Labute approximate surface area is 154 Å². The molecule has 0 aliphatic carbocycles. The van der Waals surface area contributed by atoms with Gasteiger partial charge in [-0.05, 0) is 48.4 Å². The van der Waals surface area contributed by atoms with E-state index in [0.717, 1.165) is 37.9 Å². The number of nitrogens with zero attached hydrogens (tertiary/aromatic N) is 1. The van der Waals surface area contributed by atoms with Crippen LogP contribution < -0.4 is 5.32 Å². The summed E-state index contributed by atoms with van der Waals surface area (Å²) in [6, 6.07) is 18.1.